The molecule has 0 bridgehead atoms. The van der Waals surface area contributed by atoms with E-state index in [0.29, 0.717) is 5.57 Å². The van der Waals surface area contributed by atoms with Crippen LogP contribution in [-0.2, 0) is 19.4 Å². The summed E-state index contributed by atoms with van der Waals surface area (Å²) in [6.45, 7) is 0.196. The molecule has 2 aromatic rings. The van der Waals surface area contributed by atoms with Gasteiger partial charge in [-0.3, -0.25) is 0 Å². The number of rotatable bonds is 3. The van der Waals surface area contributed by atoms with E-state index < -0.39 is 9.84 Å². The molecule has 0 spiro atoms. The van der Waals surface area contributed by atoms with Crippen molar-refractivity contribution in [3.05, 3.63) is 65.7 Å². The molecule has 1 heterocycles. The molecule has 116 valence electrons. The van der Waals surface area contributed by atoms with Gasteiger partial charge in [-0.2, -0.15) is 0 Å². The van der Waals surface area contributed by atoms with Gasteiger partial charge in [0.15, 0.2) is 9.84 Å². The third-order valence-corrected chi connectivity index (χ3v) is 4.68. The molecule has 0 radical (unpaired) electrons. The summed E-state index contributed by atoms with van der Waals surface area (Å²) in [5.74, 6) is -0.353. The number of hydrogen-bond donors (Lipinski definition) is 0. The van der Waals surface area contributed by atoms with Crippen molar-refractivity contribution >= 4 is 64.7 Å². The number of cyclic esters (lactones) is 1. The number of sulfone groups is 1. The van der Waals surface area contributed by atoms with E-state index in [1.54, 1.807) is 24.3 Å². The second-order valence-electron chi connectivity index (χ2n) is 5.09. The van der Waals surface area contributed by atoms with Gasteiger partial charge >= 0.3 is 43.7 Å². The summed E-state index contributed by atoms with van der Waals surface area (Å²) >= 11 is 0. The van der Waals surface area contributed by atoms with E-state index in [1.807, 2.05) is 30.3 Å². The van der Waals surface area contributed by atoms with Crippen LogP contribution in [0.25, 0.3) is 11.1 Å². The van der Waals surface area contributed by atoms with Gasteiger partial charge in [0, 0.05) is 11.8 Å². The van der Waals surface area contributed by atoms with Crippen LogP contribution in [0.4, 0.5) is 0 Å². The Balaban J connectivity index is 0.00000192. The van der Waals surface area contributed by atoms with Crippen molar-refractivity contribution in [2.45, 2.75) is 4.90 Å². The molecule has 6 heteroatoms. The Morgan fingerprint density at radius 1 is 0.957 bits per heavy atom. The quantitative estimate of drug-likeness (QED) is 0.626. The Labute approximate surface area is 168 Å². The van der Waals surface area contributed by atoms with E-state index >= 15 is 0 Å². The van der Waals surface area contributed by atoms with Gasteiger partial charge in [-0.15, -0.1) is 0 Å². The van der Waals surface area contributed by atoms with Crippen molar-refractivity contribution in [2.24, 2.45) is 0 Å². The molecular weight excluding hydrogens is 340 g/mol. The summed E-state index contributed by atoms with van der Waals surface area (Å²) in [5, 5.41) is 0. The smallest absolute Gasteiger partial charge is 1.00 e. The Morgan fingerprint density at radius 3 is 2.13 bits per heavy atom. The maximum Gasteiger partial charge on any atom is 2.00 e. The molecule has 0 N–H and O–H groups in total. The normalized spacial score (nSPS) is 14.4. The SMILES string of the molecule is CS(=O)(=O)c1ccc(C2=C(c3ccccc3)C(=O)OC2)cc1.[Ca+2].[H-].[H-]. The predicted octanol–water partition coefficient (Wildman–Crippen LogP) is 2.40. The van der Waals surface area contributed by atoms with E-state index in [9.17, 15) is 13.2 Å². The molecule has 0 fully saturated rings. The number of hydrogen-bond acceptors (Lipinski definition) is 4. The second-order valence-corrected chi connectivity index (χ2v) is 7.11. The molecule has 3 rings (SSSR count). The van der Waals surface area contributed by atoms with E-state index in [4.69, 9.17) is 4.74 Å². The van der Waals surface area contributed by atoms with Gasteiger partial charge in [0.25, 0.3) is 0 Å². The zero-order valence-electron chi connectivity index (χ0n) is 14.7. The maximum absolute atomic E-state index is 12.0. The van der Waals surface area contributed by atoms with Gasteiger partial charge < -0.3 is 7.59 Å². The molecule has 0 atom stereocenters. The van der Waals surface area contributed by atoms with Crippen molar-refractivity contribution in [2.75, 3.05) is 12.9 Å². The molecular formula is C17H16CaO4S. The van der Waals surface area contributed by atoms with Crippen LogP contribution in [0.15, 0.2) is 59.5 Å². The Hall–Kier alpha value is -1.14. The number of carbonyl (C=O) groups is 1. The summed E-state index contributed by atoms with van der Waals surface area (Å²) in [5.41, 5.74) is 2.90. The van der Waals surface area contributed by atoms with Crippen LogP contribution >= 0.6 is 0 Å². The topological polar surface area (TPSA) is 60.4 Å². The first-order chi connectivity index (χ1) is 10.5. The summed E-state index contributed by atoms with van der Waals surface area (Å²) in [7, 11) is -3.23. The van der Waals surface area contributed by atoms with Gasteiger partial charge in [0.2, 0.25) is 0 Å². The number of carbonyl (C=O) groups excluding carboxylic acids is 1. The van der Waals surface area contributed by atoms with E-state index in [0.717, 1.165) is 16.7 Å². The molecule has 0 aliphatic carbocycles. The summed E-state index contributed by atoms with van der Waals surface area (Å²) in [4.78, 5) is 12.3. The van der Waals surface area contributed by atoms with Crippen molar-refractivity contribution < 1.29 is 20.8 Å². The van der Waals surface area contributed by atoms with Crippen LogP contribution in [0.1, 0.15) is 14.0 Å². The maximum atomic E-state index is 12.0. The minimum Gasteiger partial charge on any atom is -1.00 e. The first-order valence-electron chi connectivity index (χ1n) is 6.73. The molecule has 0 aromatic heterocycles. The van der Waals surface area contributed by atoms with Gasteiger partial charge in [0.1, 0.15) is 6.61 Å². The van der Waals surface area contributed by atoms with Crippen molar-refractivity contribution in [3.8, 4) is 0 Å². The molecule has 0 amide bonds. The minimum absolute atomic E-state index is 0. The third-order valence-electron chi connectivity index (χ3n) is 3.55. The summed E-state index contributed by atoms with van der Waals surface area (Å²) in [6, 6.07) is 15.8. The standard InChI is InChI=1S/C17H14O4S.Ca.2H/c1-22(19,20)14-9-7-12(8-10-14)15-11-21-17(18)16(15)13-5-3-2-4-6-13;;;/h2-10H,11H2,1H3;;;/q;+2;2*-1. The van der Waals surface area contributed by atoms with Crippen LogP contribution in [-0.4, -0.2) is 65.0 Å². The first-order valence-corrected chi connectivity index (χ1v) is 8.62. The van der Waals surface area contributed by atoms with Crippen LogP contribution in [0.2, 0.25) is 0 Å². The minimum atomic E-state index is -3.23. The van der Waals surface area contributed by atoms with Crippen LogP contribution in [0.5, 0.6) is 0 Å². The first kappa shape index (κ1) is 18.2. The Bertz CT molecular complexity index is 863. The fraction of sp³-hybridized carbons (Fsp3) is 0.118. The molecule has 0 saturated heterocycles. The van der Waals surface area contributed by atoms with Crippen LogP contribution in [0, 0.1) is 0 Å². The number of benzene rings is 2. The third kappa shape index (κ3) is 3.86. The van der Waals surface area contributed by atoms with Gasteiger partial charge in [-0.1, -0.05) is 42.5 Å². The average molecular weight is 356 g/mol. The fourth-order valence-electron chi connectivity index (χ4n) is 2.43. The van der Waals surface area contributed by atoms with Crippen molar-refractivity contribution in [3.63, 3.8) is 0 Å². The predicted molar refractivity (Wildman–Crippen MR) is 91.7 cm³/mol. The second kappa shape index (κ2) is 7.18. The molecule has 0 unspecified atom stereocenters. The van der Waals surface area contributed by atoms with Crippen molar-refractivity contribution in [1.29, 1.82) is 0 Å². The van der Waals surface area contributed by atoms with Crippen molar-refractivity contribution in [1.82, 2.24) is 0 Å². The summed E-state index contributed by atoms with van der Waals surface area (Å²) in [6.07, 6.45) is 1.17. The molecule has 1 aliphatic heterocycles. The zero-order chi connectivity index (χ0) is 15.7. The van der Waals surface area contributed by atoms with E-state index in [-0.39, 0.29) is 58.1 Å². The van der Waals surface area contributed by atoms with Gasteiger partial charge in [0.05, 0.1) is 10.5 Å². The fourth-order valence-corrected chi connectivity index (χ4v) is 3.06. The van der Waals surface area contributed by atoms with Gasteiger partial charge in [-0.05, 0) is 23.3 Å². The molecule has 23 heavy (non-hydrogen) atoms. The monoisotopic (exact) mass is 356 g/mol. The Morgan fingerprint density at radius 2 is 1.57 bits per heavy atom. The molecule has 1 aliphatic rings. The van der Waals surface area contributed by atoms with Gasteiger partial charge in [-0.25, -0.2) is 13.2 Å². The molecule has 2 aromatic carbocycles. The molecule has 0 saturated carbocycles. The van der Waals surface area contributed by atoms with E-state index in [1.165, 1.54) is 6.26 Å². The largest absolute Gasteiger partial charge is 2.00 e. The average Bonchev–Trinajstić information content (AvgIpc) is 2.89. The zero-order valence-corrected chi connectivity index (χ0v) is 15.7. The number of esters is 1. The Kier molecular flexibility index (Phi) is 5.68. The molecule has 4 nitrogen and oxygen atoms in total. The summed E-state index contributed by atoms with van der Waals surface area (Å²) < 4.78 is 28.2. The number of ether oxygens (including phenoxy) is 1. The van der Waals surface area contributed by atoms with Crippen LogP contribution < -0.4 is 0 Å². The van der Waals surface area contributed by atoms with E-state index in [2.05, 4.69) is 0 Å². The van der Waals surface area contributed by atoms with Crippen LogP contribution in [0.3, 0.4) is 0 Å².